The summed E-state index contributed by atoms with van der Waals surface area (Å²) < 4.78 is 38.7. The summed E-state index contributed by atoms with van der Waals surface area (Å²) in [5, 5.41) is 2.47. The maximum absolute atomic E-state index is 12.9. The van der Waals surface area contributed by atoms with E-state index in [4.69, 9.17) is 11.6 Å². The van der Waals surface area contributed by atoms with Crippen LogP contribution in [0.5, 0.6) is 0 Å². The lowest BCUT2D eigenvalue weighted by atomic mass is 10.2. The summed E-state index contributed by atoms with van der Waals surface area (Å²) in [5.74, 6) is -0.0696. The molecule has 0 bridgehead atoms. The first kappa shape index (κ1) is 22.9. The number of hydrogen-bond acceptors (Lipinski definition) is 3. The number of piperazine rings is 1. The SMILES string of the molecule is CN(C(=O)CN1CCN(C(=O)Nc2cc(C(F)(F)F)ccc2Cl)CC1)c1ccccc1. The topological polar surface area (TPSA) is 55.9 Å². The van der Waals surface area contributed by atoms with Gasteiger partial charge >= 0.3 is 12.2 Å². The molecule has 1 aliphatic heterocycles. The predicted octanol–water partition coefficient (Wildman–Crippen LogP) is 4.17. The molecule has 0 atom stereocenters. The Morgan fingerprint density at radius 3 is 2.32 bits per heavy atom. The molecule has 1 heterocycles. The first-order valence-corrected chi connectivity index (χ1v) is 9.99. The van der Waals surface area contributed by atoms with Crippen molar-refractivity contribution in [2.75, 3.05) is 50.0 Å². The molecule has 10 heteroatoms. The molecule has 0 aromatic heterocycles. The fraction of sp³-hybridized carbons (Fsp3) is 0.333. The van der Waals surface area contributed by atoms with Crippen LogP contribution in [0.4, 0.5) is 29.3 Å². The first-order chi connectivity index (χ1) is 14.6. The highest BCUT2D eigenvalue weighted by molar-refractivity contribution is 6.33. The third kappa shape index (κ3) is 5.89. The average molecular weight is 455 g/mol. The van der Waals surface area contributed by atoms with Crippen LogP contribution in [0, 0.1) is 0 Å². The van der Waals surface area contributed by atoms with Gasteiger partial charge in [0.1, 0.15) is 0 Å². The van der Waals surface area contributed by atoms with Gasteiger partial charge in [-0.2, -0.15) is 13.2 Å². The van der Waals surface area contributed by atoms with Crippen molar-refractivity contribution in [3.05, 3.63) is 59.1 Å². The maximum Gasteiger partial charge on any atom is 0.416 e. The molecule has 1 aliphatic rings. The van der Waals surface area contributed by atoms with Crippen LogP contribution in [0.2, 0.25) is 5.02 Å². The zero-order chi connectivity index (χ0) is 22.6. The maximum atomic E-state index is 12.9. The van der Waals surface area contributed by atoms with Crippen LogP contribution in [-0.2, 0) is 11.0 Å². The molecule has 2 aromatic rings. The number of nitrogens with zero attached hydrogens (tertiary/aromatic N) is 3. The van der Waals surface area contributed by atoms with Crippen LogP contribution >= 0.6 is 11.6 Å². The zero-order valence-corrected chi connectivity index (χ0v) is 17.6. The molecule has 166 valence electrons. The van der Waals surface area contributed by atoms with Gasteiger partial charge in [-0.3, -0.25) is 9.69 Å². The molecule has 0 saturated carbocycles. The highest BCUT2D eigenvalue weighted by Gasteiger charge is 2.31. The van der Waals surface area contributed by atoms with Crippen LogP contribution in [0.3, 0.4) is 0 Å². The Morgan fingerprint density at radius 1 is 1.06 bits per heavy atom. The van der Waals surface area contributed by atoms with Crippen molar-refractivity contribution in [1.29, 1.82) is 0 Å². The molecule has 0 aliphatic carbocycles. The number of urea groups is 1. The lowest BCUT2D eigenvalue weighted by molar-refractivity contribution is -0.137. The summed E-state index contributed by atoms with van der Waals surface area (Å²) in [7, 11) is 1.71. The van der Waals surface area contributed by atoms with Crippen LogP contribution < -0.4 is 10.2 Å². The fourth-order valence-electron chi connectivity index (χ4n) is 3.19. The second-order valence-corrected chi connectivity index (χ2v) is 7.58. The highest BCUT2D eigenvalue weighted by Crippen LogP contribution is 2.34. The molecule has 0 unspecified atom stereocenters. The summed E-state index contributed by atoms with van der Waals surface area (Å²) in [6, 6.07) is 11.5. The number of anilines is 2. The van der Waals surface area contributed by atoms with E-state index in [0.717, 1.165) is 23.9 Å². The number of amides is 3. The quantitative estimate of drug-likeness (QED) is 0.754. The molecule has 1 fully saturated rings. The summed E-state index contributed by atoms with van der Waals surface area (Å²) in [5.41, 5.74) is -0.190. The lowest BCUT2D eigenvalue weighted by Gasteiger charge is -2.35. The minimum atomic E-state index is -4.53. The van der Waals surface area contributed by atoms with Crippen molar-refractivity contribution in [3.8, 4) is 0 Å². The van der Waals surface area contributed by atoms with Crippen LogP contribution in [-0.4, -0.2) is 61.5 Å². The van der Waals surface area contributed by atoms with Gasteiger partial charge in [0.25, 0.3) is 0 Å². The molecule has 0 radical (unpaired) electrons. The highest BCUT2D eigenvalue weighted by atomic mass is 35.5. The summed E-state index contributed by atoms with van der Waals surface area (Å²) in [4.78, 5) is 30.0. The summed E-state index contributed by atoms with van der Waals surface area (Å²) >= 11 is 5.94. The standard InChI is InChI=1S/C21H22ClF3N4O2/c1-27(16-5-3-2-4-6-16)19(30)14-28-9-11-29(12-10-28)20(31)26-18-13-15(21(23,24)25)7-8-17(18)22/h2-8,13H,9-12,14H2,1H3,(H,26,31). The summed E-state index contributed by atoms with van der Waals surface area (Å²) in [6.45, 7) is 1.83. The molecule has 3 rings (SSSR count). The van der Waals surface area contributed by atoms with E-state index in [9.17, 15) is 22.8 Å². The molecule has 6 nitrogen and oxygen atoms in total. The number of likely N-dealkylation sites (N-methyl/N-ethyl adjacent to an activating group) is 1. The molecule has 2 aromatic carbocycles. The first-order valence-electron chi connectivity index (χ1n) is 9.62. The normalized spacial score (nSPS) is 14.9. The Morgan fingerprint density at radius 2 is 1.71 bits per heavy atom. The molecule has 1 N–H and O–H groups in total. The lowest BCUT2D eigenvalue weighted by Crippen LogP contribution is -2.52. The summed E-state index contributed by atoms with van der Waals surface area (Å²) in [6.07, 6.45) is -4.53. The van der Waals surface area contributed by atoms with Crippen LogP contribution in [0.25, 0.3) is 0 Å². The Kier molecular flexibility index (Phi) is 7.07. The van der Waals surface area contributed by atoms with E-state index in [2.05, 4.69) is 5.32 Å². The third-order valence-electron chi connectivity index (χ3n) is 5.07. The van der Waals surface area contributed by atoms with Crippen molar-refractivity contribution >= 4 is 34.9 Å². The number of carbonyl (C=O) groups excluding carboxylic acids is 2. The number of hydrogen-bond donors (Lipinski definition) is 1. The van der Waals surface area contributed by atoms with Gasteiger partial charge in [0, 0.05) is 38.9 Å². The Bertz CT molecular complexity index is 932. The van der Waals surface area contributed by atoms with Crippen molar-refractivity contribution in [2.45, 2.75) is 6.18 Å². The Labute approximate surface area is 183 Å². The minimum absolute atomic E-state index is 0.0227. The number of rotatable bonds is 4. The minimum Gasteiger partial charge on any atom is -0.322 e. The number of halogens is 4. The second kappa shape index (κ2) is 9.57. The smallest absolute Gasteiger partial charge is 0.322 e. The largest absolute Gasteiger partial charge is 0.416 e. The average Bonchev–Trinajstić information content (AvgIpc) is 2.75. The van der Waals surface area contributed by atoms with Crippen molar-refractivity contribution in [2.24, 2.45) is 0 Å². The van der Waals surface area contributed by atoms with E-state index >= 15 is 0 Å². The number of nitrogens with one attached hydrogen (secondary N) is 1. The van der Waals surface area contributed by atoms with Crippen molar-refractivity contribution in [3.63, 3.8) is 0 Å². The van der Waals surface area contributed by atoms with Gasteiger partial charge < -0.3 is 15.1 Å². The van der Waals surface area contributed by atoms with Crippen molar-refractivity contribution < 1.29 is 22.8 Å². The fourth-order valence-corrected chi connectivity index (χ4v) is 3.36. The number of para-hydroxylation sites is 1. The molecule has 1 saturated heterocycles. The number of carbonyl (C=O) groups is 2. The molecule has 3 amide bonds. The Balaban J connectivity index is 1.53. The number of alkyl halides is 3. The van der Waals surface area contributed by atoms with Gasteiger partial charge in [0.15, 0.2) is 0 Å². The Hall–Kier alpha value is -2.78. The van der Waals surface area contributed by atoms with Crippen LogP contribution in [0.1, 0.15) is 5.56 Å². The third-order valence-corrected chi connectivity index (χ3v) is 5.40. The molecule has 31 heavy (non-hydrogen) atoms. The van der Waals surface area contributed by atoms with Gasteiger partial charge in [-0.1, -0.05) is 29.8 Å². The van der Waals surface area contributed by atoms with Crippen molar-refractivity contribution in [1.82, 2.24) is 9.80 Å². The van der Waals surface area contributed by atoms with Gasteiger partial charge in [-0.05, 0) is 30.3 Å². The predicted molar refractivity (Wildman–Crippen MR) is 113 cm³/mol. The van der Waals surface area contributed by atoms with E-state index in [1.807, 2.05) is 35.2 Å². The second-order valence-electron chi connectivity index (χ2n) is 7.17. The monoisotopic (exact) mass is 454 g/mol. The van der Waals surface area contributed by atoms with Gasteiger partial charge in [-0.15, -0.1) is 0 Å². The van der Waals surface area contributed by atoms with E-state index in [1.54, 1.807) is 11.9 Å². The molecular formula is C21H22ClF3N4O2. The van der Waals surface area contributed by atoms with Gasteiger partial charge in [0.2, 0.25) is 5.91 Å². The van der Waals surface area contributed by atoms with Gasteiger partial charge in [-0.25, -0.2) is 4.79 Å². The number of benzene rings is 2. The molecule has 0 spiro atoms. The van der Waals surface area contributed by atoms with E-state index < -0.39 is 17.8 Å². The van der Waals surface area contributed by atoms with Gasteiger partial charge in [0.05, 0.1) is 22.8 Å². The van der Waals surface area contributed by atoms with E-state index in [1.165, 1.54) is 4.90 Å². The van der Waals surface area contributed by atoms with E-state index in [0.29, 0.717) is 26.2 Å². The zero-order valence-electron chi connectivity index (χ0n) is 16.8. The van der Waals surface area contributed by atoms with E-state index in [-0.39, 0.29) is 23.2 Å². The van der Waals surface area contributed by atoms with Crippen LogP contribution in [0.15, 0.2) is 48.5 Å². The molecular weight excluding hydrogens is 433 g/mol.